The van der Waals surface area contributed by atoms with Crippen molar-refractivity contribution in [2.75, 3.05) is 19.7 Å². The summed E-state index contributed by atoms with van der Waals surface area (Å²) in [6.07, 6.45) is 6.30. The predicted molar refractivity (Wildman–Crippen MR) is 108 cm³/mol. The average molecular weight is 383 g/mol. The summed E-state index contributed by atoms with van der Waals surface area (Å²) in [4.78, 5) is 15.0. The second-order valence-corrected chi connectivity index (χ2v) is 6.97. The fourth-order valence-corrected chi connectivity index (χ4v) is 3.45. The topological polar surface area (TPSA) is 49.8 Å². The van der Waals surface area contributed by atoms with Crippen LogP contribution in [0.4, 0.5) is 4.39 Å². The molecule has 2 aromatic rings. The molecule has 1 saturated heterocycles. The summed E-state index contributed by atoms with van der Waals surface area (Å²) in [7, 11) is 0. The monoisotopic (exact) mass is 383 g/mol. The number of allylic oxidation sites excluding steroid dienone is 1. The molecule has 0 aliphatic carbocycles. The van der Waals surface area contributed by atoms with Crippen molar-refractivity contribution in [3.05, 3.63) is 65.0 Å². The average Bonchev–Trinajstić information content (AvgIpc) is 2.70. The Morgan fingerprint density at radius 2 is 1.96 bits per heavy atom. The Bertz CT molecular complexity index is 857. The van der Waals surface area contributed by atoms with Crippen molar-refractivity contribution in [1.82, 2.24) is 4.90 Å². The maximum atomic E-state index is 13.8. The molecule has 0 saturated carbocycles. The minimum Gasteiger partial charge on any atom is -0.507 e. The zero-order valence-corrected chi connectivity index (χ0v) is 16.2. The number of rotatable bonds is 7. The molecular formula is C23H26FNO3. The van der Waals surface area contributed by atoms with Gasteiger partial charge in [0.05, 0.1) is 12.2 Å². The highest BCUT2D eigenvalue weighted by atomic mass is 19.1. The molecule has 0 unspecified atom stereocenters. The third-order valence-electron chi connectivity index (χ3n) is 4.91. The smallest absolute Gasteiger partial charge is 0.189 e. The van der Waals surface area contributed by atoms with Crippen LogP contribution < -0.4 is 4.74 Å². The van der Waals surface area contributed by atoms with E-state index in [4.69, 9.17) is 4.74 Å². The Morgan fingerprint density at radius 3 is 2.68 bits per heavy atom. The summed E-state index contributed by atoms with van der Waals surface area (Å²) in [5.41, 5.74) is 1.40. The maximum Gasteiger partial charge on any atom is 0.189 e. The van der Waals surface area contributed by atoms with Crippen LogP contribution in [0.2, 0.25) is 0 Å². The van der Waals surface area contributed by atoms with E-state index in [1.165, 1.54) is 43.5 Å². The molecule has 2 aromatic carbocycles. The van der Waals surface area contributed by atoms with Gasteiger partial charge in [0.1, 0.15) is 17.3 Å². The molecule has 1 fully saturated rings. The summed E-state index contributed by atoms with van der Waals surface area (Å²) >= 11 is 0. The summed E-state index contributed by atoms with van der Waals surface area (Å²) < 4.78 is 19.4. The third kappa shape index (κ3) is 4.98. The van der Waals surface area contributed by atoms with Crippen LogP contribution in [0.1, 0.15) is 47.7 Å². The quantitative estimate of drug-likeness (QED) is 0.551. The first-order chi connectivity index (χ1) is 13.6. The number of aromatic hydroxyl groups is 1. The standard InChI is InChI=1S/C23H26FNO3/c1-2-28-23-15-22(27)19(14-18(23)16-25-12-6-3-7-13-25)21(26)11-10-17-8-4-5-9-20(17)24/h4-5,8-11,14-15,27H,2-3,6-7,12-13,16H2,1H3/b11-10+. The van der Waals surface area contributed by atoms with E-state index in [9.17, 15) is 14.3 Å². The van der Waals surface area contributed by atoms with E-state index in [0.717, 1.165) is 18.7 Å². The Hall–Kier alpha value is -2.66. The molecule has 4 nitrogen and oxygen atoms in total. The van der Waals surface area contributed by atoms with Gasteiger partial charge in [-0.3, -0.25) is 9.69 Å². The third-order valence-corrected chi connectivity index (χ3v) is 4.91. The van der Waals surface area contributed by atoms with Gasteiger partial charge in [-0.2, -0.15) is 0 Å². The Kier molecular flexibility index (Phi) is 6.82. The highest BCUT2D eigenvalue weighted by molar-refractivity contribution is 6.08. The summed E-state index contributed by atoms with van der Waals surface area (Å²) in [6.45, 7) is 5.07. The van der Waals surface area contributed by atoms with Crippen molar-refractivity contribution in [2.45, 2.75) is 32.7 Å². The van der Waals surface area contributed by atoms with Gasteiger partial charge in [-0.25, -0.2) is 4.39 Å². The minimum absolute atomic E-state index is 0.131. The Morgan fingerprint density at radius 1 is 1.21 bits per heavy atom. The molecule has 1 N–H and O–H groups in total. The number of likely N-dealkylation sites (tertiary alicyclic amines) is 1. The van der Waals surface area contributed by atoms with Gasteiger partial charge in [0.25, 0.3) is 0 Å². The van der Waals surface area contributed by atoms with Crippen molar-refractivity contribution < 1.29 is 19.0 Å². The molecule has 148 valence electrons. The lowest BCUT2D eigenvalue weighted by Gasteiger charge is -2.27. The highest BCUT2D eigenvalue weighted by Gasteiger charge is 2.18. The molecule has 0 bridgehead atoms. The first kappa shape index (κ1) is 20.1. The molecule has 3 rings (SSSR count). The highest BCUT2D eigenvalue weighted by Crippen LogP contribution is 2.31. The van der Waals surface area contributed by atoms with Crippen LogP contribution in [0, 0.1) is 5.82 Å². The lowest BCUT2D eigenvalue weighted by Crippen LogP contribution is -2.29. The molecule has 0 atom stereocenters. The van der Waals surface area contributed by atoms with Crippen molar-refractivity contribution in [1.29, 1.82) is 0 Å². The van der Waals surface area contributed by atoms with E-state index >= 15 is 0 Å². The largest absolute Gasteiger partial charge is 0.507 e. The second-order valence-electron chi connectivity index (χ2n) is 6.97. The van der Waals surface area contributed by atoms with Crippen LogP contribution >= 0.6 is 0 Å². The number of hydrogen-bond acceptors (Lipinski definition) is 4. The van der Waals surface area contributed by atoms with Gasteiger partial charge < -0.3 is 9.84 Å². The number of ketones is 1. The minimum atomic E-state index is -0.395. The molecule has 0 radical (unpaired) electrons. The molecule has 0 amide bonds. The number of phenols is 1. The van der Waals surface area contributed by atoms with Crippen molar-refractivity contribution in [3.63, 3.8) is 0 Å². The number of hydrogen-bond donors (Lipinski definition) is 1. The number of carbonyl (C=O) groups excluding carboxylic acids is 1. The van der Waals surface area contributed by atoms with E-state index in [1.54, 1.807) is 24.3 Å². The van der Waals surface area contributed by atoms with Gasteiger partial charge in [-0.15, -0.1) is 0 Å². The number of ether oxygens (including phenoxy) is 1. The Balaban J connectivity index is 1.86. The summed E-state index contributed by atoms with van der Waals surface area (Å²) in [6, 6.07) is 9.45. The predicted octanol–water partition coefficient (Wildman–Crippen LogP) is 4.81. The normalized spacial score (nSPS) is 15.1. The molecule has 0 spiro atoms. The van der Waals surface area contributed by atoms with Crippen LogP contribution in [-0.2, 0) is 6.54 Å². The van der Waals surface area contributed by atoms with Gasteiger partial charge in [0.15, 0.2) is 5.78 Å². The van der Waals surface area contributed by atoms with E-state index in [-0.39, 0.29) is 17.1 Å². The van der Waals surface area contributed by atoms with E-state index in [1.807, 2.05) is 6.92 Å². The fraction of sp³-hybridized carbons (Fsp3) is 0.348. The molecule has 5 heteroatoms. The number of phenolic OH excluding ortho intramolecular Hbond substituents is 1. The zero-order chi connectivity index (χ0) is 19.9. The number of piperidine rings is 1. The lowest BCUT2D eigenvalue weighted by atomic mass is 10.0. The SMILES string of the molecule is CCOc1cc(O)c(C(=O)/C=C/c2ccccc2F)cc1CN1CCCCC1. The zero-order valence-electron chi connectivity index (χ0n) is 16.2. The van der Waals surface area contributed by atoms with Crippen molar-refractivity contribution in [3.8, 4) is 11.5 Å². The summed E-state index contributed by atoms with van der Waals surface area (Å²) in [5.74, 6) is -0.300. The van der Waals surface area contributed by atoms with Gasteiger partial charge in [0, 0.05) is 23.7 Å². The van der Waals surface area contributed by atoms with E-state index in [2.05, 4.69) is 4.90 Å². The molecular weight excluding hydrogens is 357 g/mol. The molecule has 1 heterocycles. The van der Waals surface area contributed by atoms with Gasteiger partial charge >= 0.3 is 0 Å². The molecule has 28 heavy (non-hydrogen) atoms. The molecule has 0 aromatic heterocycles. The Labute approximate surface area is 165 Å². The summed E-state index contributed by atoms with van der Waals surface area (Å²) in [5, 5.41) is 10.3. The number of nitrogens with zero attached hydrogens (tertiary/aromatic N) is 1. The van der Waals surface area contributed by atoms with E-state index < -0.39 is 5.82 Å². The van der Waals surface area contributed by atoms with Crippen LogP contribution in [0.5, 0.6) is 11.5 Å². The second kappa shape index (κ2) is 9.51. The van der Waals surface area contributed by atoms with Crippen LogP contribution in [-0.4, -0.2) is 35.5 Å². The van der Waals surface area contributed by atoms with Crippen LogP contribution in [0.3, 0.4) is 0 Å². The maximum absolute atomic E-state index is 13.8. The van der Waals surface area contributed by atoms with Crippen LogP contribution in [0.15, 0.2) is 42.5 Å². The lowest BCUT2D eigenvalue weighted by molar-refractivity contribution is 0.104. The first-order valence-corrected chi connectivity index (χ1v) is 9.76. The number of benzene rings is 2. The molecule has 1 aliphatic heterocycles. The van der Waals surface area contributed by atoms with Crippen LogP contribution in [0.25, 0.3) is 6.08 Å². The number of halogens is 1. The van der Waals surface area contributed by atoms with Gasteiger partial charge in [0.2, 0.25) is 0 Å². The fourth-order valence-electron chi connectivity index (χ4n) is 3.45. The van der Waals surface area contributed by atoms with E-state index in [0.29, 0.717) is 24.5 Å². The van der Waals surface area contributed by atoms with Gasteiger partial charge in [-0.1, -0.05) is 24.6 Å². The number of carbonyl (C=O) groups is 1. The first-order valence-electron chi connectivity index (χ1n) is 9.76. The molecule has 1 aliphatic rings. The van der Waals surface area contributed by atoms with Crippen molar-refractivity contribution in [2.24, 2.45) is 0 Å². The van der Waals surface area contributed by atoms with Crippen molar-refractivity contribution >= 4 is 11.9 Å². The van der Waals surface area contributed by atoms with Gasteiger partial charge in [-0.05, 0) is 57.1 Å².